The number of fused-ring (bicyclic) bond motifs is 16. The lowest BCUT2D eigenvalue weighted by molar-refractivity contribution is 0.587. The number of hydrogen-bond acceptors (Lipinski definition) is 2. The van der Waals surface area contributed by atoms with Gasteiger partial charge in [-0.25, -0.2) is 0 Å². The van der Waals surface area contributed by atoms with Crippen LogP contribution in [0.2, 0.25) is 0 Å². The molecule has 0 bridgehead atoms. The predicted octanol–water partition coefficient (Wildman–Crippen LogP) is 12.8. The van der Waals surface area contributed by atoms with Gasteiger partial charge in [-0.2, -0.15) is 0 Å². The Morgan fingerprint density at radius 1 is 0.542 bits per heavy atom. The van der Waals surface area contributed by atoms with Crippen molar-refractivity contribution < 1.29 is 0 Å². The highest BCUT2D eigenvalue weighted by molar-refractivity contribution is 8.00. The molecule has 0 amide bonds. The molecule has 59 heavy (non-hydrogen) atoms. The van der Waals surface area contributed by atoms with Gasteiger partial charge in [0.2, 0.25) is 0 Å². The molecule has 14 rings (SSSR count). The molecule has 3 unspecified atom stereocenters. The van der Waals surface area contributed by atoms with Gasteiger partial charge in [0.05, 0.1) is 0 Å². The molecule has 8 aromatic carbocycles. The topological polar surface area (TPSA) is 3.24 Å². The quantitative estimate of drug-likeness (QED) is 0.153. The van der Waals surface area contributed by atoms with E-state index in [0.717, 1.165) is 6.42 Å². The average Bonchev–Trinajstić information content (AvgIpc) is 3.83. The minimum Gasteiger partial charge on any atom is -0.376 e. The molecule has 3 heterocycles. The molecule has 0 spiro atoms. The first-order valence-electron chi connectivity index (χ1n) is 21.6. The van der Waals surface area contributed by atoms with Crippen LogP contribution >= 0.6 is 11.8 Å². The SMILES string of the molecule is CC1(C)c2ccccc2-c2ccc(N3B4c5cccc6c5C(CC5Sc7ccccc7C65)c5cc6c(c(c54)-c4cc5ccccc5cc43)-c3ccccc3C6(C)C)cc21. The number of benzene rings is 8. The maximum atomic E-state index is 2.78. The predicted molar refractivity (Wildman–Crippen MR) is 249 cm³/mol. The van der Waals surface area contributed by atoms with Gasteiger partial charge < -0.3 is 4.81 Å². The summed E-state index contributed by atoms with van der Waals surface area (Å²) in [6.07, 6.45) is 1.15. The normalized spacial score (nSPS) is 20.8. The van der Waals surface area contributed by atoms with Crippen LogP contribution in [0.4, 0.5) is 11.4 Å². The van der Waals surface area contributed by atoms with E-state index in [2.05, 4.69) is 196 Å². The summed E-state index contributed by atoms with van der Waals surface area (Å²) in [4.78, 5) is 4.24. The van der Waals surface area contributed by atoms with E-state index >= 15 is 0 Å². The number of rotatable bonds is 1. The van der Waals surface area contributed by atoms with Crippen LogP contribution in [0.3, 0.4) is 0 Å². The largest absolute Gasteiger partial charge is 0.376 e. The number of anilines is 2. The van der Waals surface area contributed by atoms with Crippen molar-refractivity contribution in [3.05, 3.63) is 196 Å². The lowest BCUT2D eigenvalue weighted by atomic mass is 9.38. The molecule has 0 fully saturated rings. The van der Waals surface area contributed by atoms with Crippen LogP contribution < -0.4 is 15.7 Å². The second-order valence-corrected chi connectivity index (χ2v) is 20.3. The smallest absolute Gasteiger partial charge is 0.329 e. The van der Waals surface area contributed by atoms with E-state index in [0.29, 0.717) is 17.1 Å². The first-order chi connectivity index (χ1) is 28.8. The molecule has 1 nitrogen and oxygen atoms in total. The Morgan fingerprint density at radius 3 is 2.07 bits per heavy atom. The van der Waals surface area contributed by atoms with E-state index in [1.807, 2.05) is 0 Å². The molecular weight excluding hydrogens is 730 g/mol. The van der Waals surface area contributed by atoms with Gasteiger partial charge >= 0.3 is 6.85 Å². The van der Waals surface area contributed by atoms with E-state index in [4.69, 9.17) is 0 Å². The molecular formula is C56H42BNS. The Balaban J connectivity index is 1.12. The van der Waals surface area contributed by atoms with Crippen molar-refractivity contribution in [2.75, 3.05) is 4.81 Å². The first kappa shape index (κ1) is 33.1. The van der Waals surface area contributed by atoms with Crippen molar-refractivity contribution in [2.45, 2.75) is 66.9 Å². The summed E-state index contributed by atoms with van der Waals surface area (Å²) < 4.78 is 0. The van der Waals surface area contributed by atoms with Crippen molar-refractivity contribution in [1.29, 1.82) is 0 Å². The summed E-state index contributed by atoms with van der Waals surface area (Å²) in [7, 11) is 0. The van der Waals surface area contributed by atoms with Crippen molar-refractivity contribution in [1.82, 2.24) is 0 Å². The van der Waals surface area contributed by atoms with Gasteiger partial charge in [0.15, 0.2) is 0 Å². The fourth-order valence-electron chi connectivity index (χ4n) is 13.0. The molecule has 280 valence electrons. The highest BCUT2D eigenvalue weighted by Gasteiger charge is 2.53. The Kier molecular flexibility index (Phi) is 6.22. The molecule has 0 saturated heterocycles. The molecule has 8 aromatic rings. The van der Waals surface area contributed by atoms with E-state index in [1.54, 1.807) is 16.7 Å². The van der Waals surface area contributed by atoms with Crippen LogP contribution in [0.25, 0.3) is 44.2 Å². The highest BCUT2D eigenvalue weighted by atomic mass is 32.2. The Morgan fingerprint density at radius 2 is 1.22 bits per heavy atom. The molecule has 3 heteroatoms. The third kappa shape index (κ3) is 4.01. The molecule has 0 N–H and O–H groups in total. The summed E-state index contributed by atoms with van der Waals surface area (Å²) in [5, 5.41) is 3.10. The summed E-state index contributed by atoms with van der Waals surface area (Å²) in [5.41, 5.74) is 25.8. The van der Waals surface area contributed by atoms with Gasteiger partial charge in [-0.15, -0.1) is 11.8 Å². The Hall–Kier alpha value is -5.77. The van der Waals surface area contributed by atoms with E-state index < -0.39 is 0 Å². The second kappa shape index (κ2) is 11.1. The minimum absolute atomic E-state index is 0.0202. The molecule has 6 aliphatic rings. The average molecular weight is 772 g/mol. The van der Waals surface area contributed by atoms with Crippen molar-refractivity contribution >= 4 is 51.7 Å². The lowest BCUT2D eigenvalue weighted by Crippen LogP contribution is -2.63. The first-order valence-corrected chi connectivity index (χ1v) is 22.4. The summed E-state index contributed by atoms with van der Waals surface area (Å²) >= 11 is 2.13. The van der Waals surface area contributed by atoms with E-state index in [1.165, 1.54) is 99.2 Å². The van der Waals surface area contributed by atoms with Gasteiger partial charge in [-0.1, -0.05) is 149 Å². The molecule has 0 saturated carbocycles. The van der Waals surface area contributed by atoms with Crippen LogP contribution in [0.1, 0.15) is 90.5 Å². The number of hydrogen-bond donors (Lipinski definition) is 0. The summed E-state index contributed by atoms with van der Waals surface area (Å²) in [6, 6.07) is 59.2. The van der Waals surface area contributed by atoms with Crippen molar-refractivity contribution in [3.63, 3.8) is 0 Å². The maximum Gasteiger partial charge on any atom is 0.329 e. The zero-order valence-corrected chi connectivity index (χ0v) is 34.6. The van der Waals surface area contributed by atoms with E-state index in [-0.39, 0.29) is 17.7 Å². The molecule has 0 aromatic heterocycles. The monoisotopic (exact) mass is 771 g/mol. The molecule has 3 aliphatic heterocycles. The third-order valence-electron chi connectivity index (χ3n) is 15.6. The van der Waals surface area contributed by atoms with Crippen molar-refractivity contribution in [3.8, 4) is 33.4 Å². The fraction of sp³-hybridized carbons (Fsp3) is 0.179. The van der Waals surface area contributed by atoms with Crippen LogP contribution in [0.15, 0.2) is 157 Å². The summed E-state index contributed by atoms with van der Waals surface area (Å²) in [5.74, 6) is 0.738. The van der Waals surface area contributed by atoms with E-state index in [9.17, 15) is 0 Å². The van der Waals surface area contributed by atoms with Crippen molar-refractivity contribution in [2.24, 2.45) is 0 Å². The van der Waals surface area contributed by atoms with Gasteiger partial charge in [0, 0.05) is 49.7 Å². The Bertz CT molecular complexity index is 3230. The third-order valence-corrected chi connectivity index (χ3v) is 17.0. The van der Waals surface area contributed by atoms with Gasteiger partial charge in [-0.3, -0.25) is 0 Å². The lowest BCUT2D eigenvalue weighted by Gasteiger charge is -2.48. The van der Waals surface area contributed by atoms with Crippen LogP contribution in [0.5, 0.6) is 0 Å². The highest BCUT2D eigenvalue weighted by Crippen LogP contribution is 2.61. The second-order valence-electron chi connectivity index (χ2n) is 19.0. The molecule has 3 atom stereocenters. The Labute approximate surface area is 351 Å². The zero-order valence-electron chi connectivity index (χ0n) is 33.8. The maximum absolute atomic E-state index is 2.78. The standard InChI is InChI=1S/C56H42BNS/c1-55(2)42-20-10-7-16-34(42)35-25-24-33(28-44(35)55)58-47-27-32-15-6-5-14-31(32)26-41(47)53-52-36-17-8-11-21-43(36)56(3,4)45(52)29-40-39-30-49-51(37-18-9-12-23-48(37)59-49)38-19-13-22-46(50(38)39)57(58)54(40)53/h5-29,39,49,51H,30H2,1-4H3. The van der Waals surface area contributed by atoms with Crippen LogP contribution in [-0.2, 0) is 10.8 Å². The van der Waals surface area contributed by atoms with Crippen LogP contribution in [0, 0.1) is 0 Å². The number of nitrogens with zero attached hydrogens (tertiary/aromatic N) is 1. The van der Waals surface area contributed by atoms with Crippen LogP contribution in [-0.4, -0.2) is 12.1 Å². The zero-order chi connectivity index (χ0) is 39.1. The van der Waals surface area contributed by atoms with Gasteiger partial charge in [-0.05, 0) is 131 Å². The fourth-order valence-corrected chi connectivity index (χ4v) is 14.6. The minimum atomic E-state index is -0.114. The molecule has 0 radical (unpaired) electrons. The summed E-state index contributed by atoms with van der Waals surface area (Å²) in [6.45, 7) is 9.80. The van der Waals surface area contributed by atoms with Gasteiger partial charge in [0.25, 0.3) is 0 Å². The van der Waals surface area contributed by atoms with Gasteiger partial charge in [0.1, 0.15) is 0 Å². The number of thioether (sulfide) groups is 1. The molecule has 3 aliphatic carbocycles.